The van der Waals surface area contributed by atoms with Crippen LogP contribution in [0.2, 0.25) is 0 Å². The predicted octanol–water partition coefficient (Wildman–Crippen LogP) is 3.04. The van der Waals surface area contributed by atoms with Crippen LogP contribution in [-0.2, 0) is 14.3 Å². The lowest BCUT2D eigenvalue weighted by molar-refractivity contribution is -0.143. The fourth-order valence-corrected chi connectivity index (χ4v) is 2.08. The molecule has 0 amide bonds. The van der Waals surface area contributed by atoms with Gasteiger partial charge >= 0.3 is 5.97 Å². The van der Waals surface area contributed by atoms with E-state index in [4.69, 9.17) is 4.74 Å². The Kier molecular flexibility index (Phi) is 6.40. The summed E-state index contributed by atoms with van der Waals surface area (Å²) in [6, 6.07) is 9.50. The van der Waals surface area contributed by atoms with Crippen LogP contribution in [0, 0.1) is 0 Å². The maximum atomic E-state index is 11.6. The summed E-state index contributed by atoms with van der Waals surface area (Å²) in [5, 5.41) is 0.0838. The fourth-order valence-electron chi connectivity index (χ4n) is 1.28. The van der Waals surface area contributed by atoms with Gasteiger partial charge in [0.2, 0.25) is 0 Å². The average molecular weight is 252 g/mol. The van der Waals surface area contributed by atoms with Crippen molar-refractivity contribution in [3.8, 4) is 0 Å². The van der Waals surface area contributed by atoms with Crippen molar-refractivity contribution in [2.24, 2.45) is 0 Å². The molecule has 0 N–H and O–H groups in total. The highest BCUT2D eigenvalue weighted by Crippen LogP contribution is 2.20. The standard InChI is InChI=1S/C13H16O3S/c1-2-16-12(14)9-6-10-13(15)17-11-7-4-3-5-8-11/h3-5,7-8H,2,6,9-10H2,1H3. The minimum atomic E-state index is -0.231. The Hall–Kier alpha value is -1.29. The van der Waals surface area contributed by atoms with Gasteiger partial charge in [-0.1, -0.05) is 30.0 Å². The minimum Gasteiger partial charge on any atom is -0.466 e. The second-order valence-electron chi connectivity index (χ2n) is 3.45. The van der Waals surface area contributed by atoms with Crippen LogP contribution < -0.4 is 0 Å². The van der Waals surface area contributed by atoms with Crippen molar-refractivity contribution >= 4 is 22.8 Å². The Morgan fingerprint density at radius 3 is 2.53 bits per heavy atom. The van der Waals surface area contributed by atoms with Crippen molar-refractivity contribution in [2.45, 2.75) is 31.1 Å². The first-order chi connectivity index (χ1) is 8.22. The summed E-state index contributed by atoms with van der Waals surface area (Å²) >= 11 is 1.22. The summed E-state index contributed by atoms with van der Waals surface area (Å²) in [7, 11) is 0. The van der Waals surface area contributed by atoms with E-state index in [1.807, 2.05) is 30.3 Å². The number of rotatable bonds is 6. The molecule has 0 fully saturated rings. The second-order valence-corrected chi connectivity index (χ2v) is 4.58. The van der Waals surface area contributed by atoms with Gasteiger partial charge in [-0.25, -0.2) is 0 Å². The highest BCUT2D eigenvalue weighted by Gasteiger charge is 2.07. The molecular formula is C13H16O3S. The number of hydrogen-bond acceptors (Lipinski definition) is 4. The van der Waals surface area contributed by atoms with E-state index in [0.29, 0.717) is 25.9 Å². The van der Waals surface area contributed by atoms with Gasteiger partial charge in [0.1, 0.15) is 0 Å². The molecule has 1 rings (SSSR count). The predicted molar refractivity (Wildman–Crippen MR) is 67.8 cm³/mol. The lowest BCUT2D eigenvalue weighted by atomic mass is 10.2. The van der Waals surface area contributed by atoms with Crippen LogP contribution in [0.3, 0.4) is 0 Å². The van der Waals surface area contributed by atoms with E-state index in [2.05, 4.69) is 0 Å². The van der Waals surface area contributed by atoms with Gasteiger partial charge in [0.15, 0.2) is 5.12 Å². The van der Waals surface area contributed by atoms with Gasteiger partial charge in [-0.15, -0.1) is 0 Å². The van der Waals surface area contributed by atoms with Gasteiger partial charge in [-0.3, -0.25) is 9.59 Å². The van der Waals surface area contributed by atoms with Crippen LogP contribution in [-0.4, -0.2) is 17.7 Å². The van der Waals surface area contributed by atoms with E-state index in [9.17, 15) is 9.59 Å². The molecule has 1 aromatic carbocycles. The van der Waals surface area contributed by atoms with Crippen molar-refractivity contribution in [1.29, 1.82) is 0 Å². The third kappa shape index (κ3) is 6.12. The Bertz CT molecular complexity index is 362. The van der Waals surface area contributed by atoms with Crippen molar-refractivity contribution in [1.82, 2.24) is 0 Å². The lowest BCUT2D eigenvalue weighted by Gasteiger charge is -2.01. The van der Waals surface area contributed by atoms with E-state index in [-0.39, 0.29) is 11.1 Å². The van der Waals surface area contributed by atoms with Gasteiger partial charge in [0, 0.05) is 17.7 Å². The highest BCUT2D eigenvalue weighted by molar-refractivity contribution is 8.13. The molecule has 0 heterocycles. The Morgan fingerprint density at radius 2 is 1.88 bits per heavy atom. The second kappa shape index (κ2) is 7.90. The highest BCUT2D eigenvalue weighted by atomic mass is 32.2. The summed E-state index contributed by atoms with van der Waals surface area (Å²) in [6.45, 7) is 2.17. The quantitative estimate of drug-likeness (QED) is 0.576. The van der Waals surface area contributed by atoms with Gasteiger partial charge in [0.05, 0.1) is 6.61 Å². The number of ether oxygens (including phenoxy) is 1. The summed E-state index contributed by atoms with van der Waals surface area (Å²) in [4.78, 5) is 23.5. The van der Waals surface area contributed by atoms with Crippen LogP contribution >= 0.6 is 11.8 Å². The zero-order valence-electron chi connectivity index (χ0n) is 9.85. The molecule has 0 saturated heterocycles. The number of carbonyl (C=O) groups is 2. The largest absolute Gasteiger partial charge is 0.466 e. The van der Waals surface area contributed by atoms with Crippen LogP contribution in [0.1, 0.15) is 26.2 Å². The number of carbonyl (C=O) groups excluding carboxylic acids is 2. The topological polar surface area (TPSA) is 43.4 Å². The SMILES string of the molecule is CCOC(=O)CCCC(=O)Sc1ccccc1. The van der Waals surface area contributed by atoms with Crippen LogP contribution in [0.25, 0.3) is 0 Å². The van der Waals surface area contributed by atoms with E-state index in [0.717, 1.165) is 4.90 Å². The molecule has 0 spiro atoms. The molecule has 3 nitrogen and oxygen atoms in total. The molecule has 0 bridgehead atoms. The molecular weight excluding hydrogens is 236 g/mol. The third-order valence-electron chi connectivity index (χ3n) is 2.04. The summed E-state index contributed by atoms with van der Waals surface area (Å²) in [5.74, 6) is -0.231. The van der Waals surface area contributed by atoms with Crippen molar-refractivity contribution < 1.29 is 14.3 Å². The van der Waals surface area contributed by atoms with E-state index in [1.165, 1.54) is 11.8 Å². The first kappa shape index (κ1) is 13.8. The molecule has 0 unspecified atom stereocenters. The Labute approximate surface area is 106 Å². The molecule has 0 aliphatic carbocycles. The van der Waals surface area contributed by atoms with Crippen LogP contribution in [0.4, 0.5) is 0 Å². The van der Waals surface area contributed by atoms with Crippen LogP contribution in [0.15, 0.2) is 35.2 Å². The van der Waals surface area contributed by atoms with E-state index < -0.39 is 0 Å². The Balaban J connectivity index is 2.20. The van der Waals surface area contributed by atoms with Crippen molar-refractivity contribution in [3.63, 3.8) is 0 Å². The van der Waals surface area contributed by atoms with Crippen molar-refractivity contribution in [2.75, 3.05) is 6.61 Å². The molecule has 0 aliphatic rings. The number of hydrogen-bond donors (Lipinski definition) is 0. The zero-order chi connectivity index (χ0) is 12.5. The maximum absolute atomic E-state index is 11.6. The Morgan fingerprint density at radius 1 is 1.18 bits per heavy atom. The molecule has 0 aliphatic heterocycles. The van der Waals surface area contributed by atoms with Gasteiger partial charge < -0.3 is 4.74 Å². The fraction of sp³-hybridized carbons (Fsp3) is 0.385. The molecule has 0 radical (unpaired) electrons. The summed E-state index contributed by atoms with van der Waals surface area (Å²) in [5.41, 5.74) is 0. The van der Waals surface area contributed by atoms with E-state index in [1.54, 1.807) is 6.92 Å². The van der Waals surface area contributed by atoms with Gasteiger partial charge in [0.25, 0.3) is 0 Å². The monoisotopic (exact) mass is 252 g/mol. The molecule has 17 heavy (non-hydrogen) atoms. The molecule has 0 atom stereocenters. The van der Waals surface area contributed by atoms with Gasteiger partial charge in [-0.2, -0.15) is 0 Å². The normalized spacial score (nSPS) is 9.94. The maximum Gasteiger partial charge on any atom is 0.305 e. The molecule has 0 saturated carbocycles. The first-order valence-electron chi connectivity index (χ1n) is 5.63. The summed E-state index contributed by atoms with van der Waals surface area (Å²) in [6.07, 6.45) is 1.27. The van der Waals surface area contributed by atoms with Crippen LogP contribution in [0.5, 0.6) is 0 Å². The smallest absolute Gasteiger partial charge is 0.305 e. The molecule has 92 valence electrons. The minimum absolute atomic E-state index is 0.0838. The average Bonchev–Trinajstić information content (AvgIpc) is 2.30. The number of thioether (sulfide) groups is 1. The number of esters is 1. The molecule has 4 heteroatoms. The molecule has 1 aromatic rings. The zero-order valence-corrected chi connectivity index (χ0v) is 10.7. The summed E-state index contributed by atoms with van der Waals surface area (Å²) < 4.78 is 4.78. The third-order valence-corrected chi connectivity index (χ3v) is 2.98. The number of benzene rings is 1. The molecule has 0 aromatic heterocycles. The lowest BCUT2D eigenvalue weighted by Crippen LogP contribution is -2.04. The van der Waals surface area contributed by atoms with E-state index >= 15 is 0 Å². The van der Waals surface area contributed by atoms with Gasteiger partial charge in [-0.05, 0) is 25.5 Å². The van der Waals surface area contributed by atoms with Crippen molar-refractivity contribution in [3.05, 3.63) is 30.3 Å². The first-order valence-corrected chi connectivity index (χ1v) is 6.45.